The number of hydrogen-bond donors (Lipinski definition) is 1. The molecule has 0 aliphatic carbocycles. The molecule has 20 heavy (non-hydrogen) atoms. The van der Waals surface area contributed by atoms with Gasteiger partial charge in [-0.05, 0) is 30.7 Å². The molecule has 0 spiro atoms. The molecule has 0 aliphatic heterocycles. The van der Waals surface area contributed by atoms with Crippen LogP contribution in [-0.4, -0.2) is 22.7 Å². The molecule has 0 aliphatic rings. The van der Waals surface area contributed by atoms with Gasteiger partial charge in [0.1, 0.15) is 10.6 Å². The van der Waals surface area contributed by atoms with Crippen molar-refractivity contribution in [2.45, 2.75) is 19.8 Å². The smallest absolute Gasteiger partial charge is 0.347 e. The molecule has 0 radical (unpaired) electrons. The van der Waals surface area contributed by atoms with Crippen LogP contribution < -0.4 is 4.74 Å². The van der Waals surface area contributed by atoms with Gasteiger partial charge in [0.25, 0.3) is 0 Å². The average Bonchev–Trinajstić information content (AvgIpc) is 2.84. The van der Waals surface area contributed by atoms with Gasteiger partial charge in [0.05, 0.1) is 17.3 Å². The Labute approximate surface area is 126 Å². The maximum atomic E-state index is 11.0. The fraction of sp³-hybridized carbons (Fsp3) is 0.286. The number of rotatable bonds is 6. The number of halogens is 1. The van der Waals surface area contributed by atoms with Crippen LogP contribution in [0.3, 0.4) is 0 Å². The molecule has 0 amide bonds. The Morgan fingerprint density at radius 1 is 1.40 bits per heavy atom. The zero-order valence-electron chi connectivity index (χ0n) is 10.9. The molecule has 0 atom stereocenters. The number of aryl methyl sites for hydroxylation is 1. The van der Waals surface area contributed by atoms with Crippen LogP contribution in [0, 0.1) is 0 Å². The van der Waals surface area contributed by atoms with Gasteiger partial charge in [-0.15, -0.1) is 11.3 Å². The van der Waals surface area contributed by atoms with Crippen molar-refractivity contribution in [1.29, 1.82) is 0 Å². The number of thiazole rings is 1. The number of benzene rings is 1. The third kappa shape index (κ3) is 3.71. The number of aromatic carboxylic acids is 1. The van der Waals surface area contributed by atoms with Crippen molar-refractivity contribution in [2.75, 3.05) is 6.61 Å². The maximum absolute atomic E-state index is 11.0. The molecule has 6 heteroatoms. The number of carbonyl (C=O) groups is 1. The highest BCUT2D eigenvalue weighted by molar-refractivity contribution is 7.13. The van der Waals surface area contributed by atoms with Crippen molar-refractivity contribution in [3.63, 3.8) is 0 Å². The predicted molar refractivity (Wildman–Crippen MR) is 79.1 cm³/mol. The first-order chi connectivity index (χ1) is 9.60. The van der Waals surface area contributed by atoms with Crippen LogP contribution in [0.2, 0.25) is 5.02 Å². The summed E-state index contributed by atoms with van der Waals surface area (Å²) in [7, 11) is 0. The van der Waals surface area contributed by atoms with Crippen molar-refractivity contribution in [1.82, 2.24) is 4.98 Å². The van der Waals surface area contributed by atoms with Gasteiger partial charge in [-0.2, -0.15) is 0 Å². The summed E-state index contributed by atoms with van der Waals surface area (Å²) in [6.07, 6.45) is 1.21. The molecular weight excluding hydrogens is 298 g/mol. The molecule has 1 N–H and O–H groups in total. The minimum Gasteiger partial charge on any atom is -0.493 e. The van der Waals surface area contributed by atoms with Crippen LogP contribution in [0.1, 0.15) is 27.3 Å². The molecule has 4 nitrogen and oxygen atoms in total. The number of carboxylic acid groups (broad SMARTS) is 1. The molecule has 1 aromatic heterocycles. The maximum Gasteiger partial charge on any atom is 0.347 e. The van der Waals surface area contributed by atoms with Gasteiger partial charge in [-0.25, -0.2) is 9.78 Å². The lowest BCUT2D eigenvalue weighted by molar-refractivity contribution is 0.0701. The van der Waals surface area contributed by atoms with E-state index < -0.39 is 5.97 Å². The molecule has 2 rings (SSSR count). The summed E-state index contributed by atoms with van der Waals surface area (Å²) in [5, 5.41) is 10.5. The standard InChI is InChI=1S/C14H14ClNO3S/c1-2-11-13(14(17)18)20-12(16-11)7-8-19-10-5-3-9(15)4-6-10/h3-6H,2,7-8H2,1H3,(H,17,18). The average molecular weight is 312 g/mol. The zero-order valence-corrected chi connectivity index (χ0v) is 12.5. The van der Waals surface area contributed by atoms with Gasteiger partial charge >= 0.3 is 5.97 Å². The van der Waals surface area contributed by atoms with E-state index in [-0.39, 0.29) is 0 Å². The highest BCUT2D eigenvalue weighted by Crippen LogP contribution is 2.20. The van der Waals surface area contributed by atoms with Crippen LogP contribution in [0.5, 0.6) is 5.75 Å². The Hall–Kier alpha value is -1.59. The van der Waals surface area contributed by atoms with Crippen molar-refractivity contribution in [3.05, 3.63) is 44.9 Å². The summed E-state index contributed by atoms with van der Waals surface area (Å²) in [6.45, 7) is 2.35. The number of nitrogens with zero attached hydrogens (tertiary/aromatic N) is 1. The minimum atomic E-state index is -0.913. The Balaban J connectivity index is 1.94. The summed E-state index contributed by atoms with van der Waals surface area (Å²) in [4.78, 5) is 15.7. The summed E-state index contributed by atoms with van der Waals surface area (Å²) in [5.74, 6) is -0.177. The van der Waals surface area contributed by atoms with Crippen molar-refractivity contribution in [3.8, 4) is 5.75 Å². The minimum absolute atomic E-state index is 0.328. The van der Waals surface area contributed by atoms with E-state index in [0.29, 0.717) is 35.0 Å². The van der Waals surface area contributed by atoms with E-state index in [1.807, 2.05) is 6.92 Å². The Bertz CT molecular complexity index is 595. The monoisotopic (exact) mass is 311 g/mol. The summed E-state index contributed by atoms with van der Waals surface area (Å²) in [5.41, 5.74) is 0.643. The number of ether oxygens (including phenoxy) is 1. The van der Waals surface area contributed by atoms with Gasteiger partial charge in [0.2, 0.25) is 0 Å². The van der Waals surface area contributed by atoms with Gasteiger partial charge in [0.15, 0.2) is 0 Å². The lowest BCUT2D eigenvalue weighted by Crippen LogP contribution is -2.01. The summed E-state index contributed by atoms with van der Waals surface area (Å²) >= 11 is 7.01. The first kappa shape index (κ1) is 14.8. The zero-order chi connectivity index (χ0) is 14.5. The fourth-order valence-corrected chi connectivity index (χ4v) is 2.80. The number of carboxylic acids is 1. The molecule has 1 heterocycles. The van der Waals surface area contributed by atoms with E-state index in [2.05, 4.69) is 4.98 Å². The second-order valence-corrected chi connectivity index (χ2v) is 5.61. The molecule has 0 saturated heterocycles. The number of aromatic nitrogens is 1. The molecule has 0 fully saturated rings. The molecule has 0 saturated carbocycles. The van der Waals surface area contributed by atoms with Crippen molar-refractivity contribution >= 4 is 28.9 Å². The second kappa shape index (κ2) is 6.72. The molecule has 0 bridgehead atoms. The van der Waals surface area contributed by atoms with E-state index in [1.165, 1.54) is 11.3 Å². The van der Waals surface area contributed by atoms with Gasteiger partial charge in [-0.1, -0.05) is 18.5 Å². The first-order valence-corrected chi connectivity index (χ1v) is 7.40. The summed E-state index contributed by atoms with van der Waals surface area (Å²) < 4.78 is 5.57. The predicted octanol–water partition coefficient (Wildman–Crippen LogP) is 3.68. The molecule has 0 unspecified atom stereocenters. The van der Waals surface area contributed by atoms with Crippen LogP contribution in [-0.2, 0) is 12.8 Å². The molecule has 1 aromatic carbocycles. The van der Waals surface area contributed by atoms with Gasteiger partial charge in [0, 0.05) is 11.4 Å². The Morgan fingerprint density at radius 3 is 2.65 bits per heavy atom. The van der Waals surface area contributed by atoms with Gasteiger partial charge < -0.3 is 9.84 Å². The molecule has 106 valence electrons. The van der Waals surface area contributed by atoms with E-state index in [1.54, 1.807) is 24.3 Å². The highest BCUT2D eigenvalue weighted by Gasteiger charge is 2.15. The SMILES string of the molecule is CCc1nc(CCOc2ccc(Cl)cc2)sc1C(=O)O. The van der Waals surface area contributed by atoms with E-state index in [9.17, 15) is 4.79 Å². The lowest BCUT2D eigenvalue weighted by atomic mass is 10.3. The Morgan fingerprint density at radius 2 is 2.10 bits per heavy atom. The molecular formula is C14H14ClNO3S. The summed E-state index contributed by atoms with van der Waals surface area (Å²) in [6, 6.07) is 7.12. The van der Waals surface area contributed by atoms with Crippen molar-refractivity contribution < 1.29 is 14.6 Å². The first-order valence-electron chi connectivity index (χ1n) is 6.20. The largest absolute Gasteiger partial charge is 0.493 e. The van der Waals surface area contributed by atoms with E-state index in [4.69, 9.17) is 21.4 Å². The third-order valence-electron chi connectivity index (χ3n) is 2.67. The van der Waals surface area contributed by atoms with E-state index in [0.717, 1.165) is 10.8 Å². The Kier molecular flexibility index (Phi) is 4.98. The highest BCUT2D eigenvalue weighted by atomic mass is 35.5. The van der Waals surface area contributed by atoms with E-state index >= 15 is 0 Å². The van der Waals surface area contributed by atoms with Gasteiger partial charge in [-0.3, -0.25) is 0 Å². The lowest BCUT2D eigenvalue weighted by Gasteiger charge is -2.04. The molecule has 2 aromatic rings. The third-order valence-corrected chi connectivity index (χ3v) is 4.07. The topological polar surface area (TPSA) is 59.4 Å². The van der Waals surface area contributed by atoms with Crippen LogP contribution >= 0.6 is 22.9 Å². The van der Waals surface area contributed by atoms with Crippen LogP contribution in [0.15, 0.2) is 24.3 Å². The fourth-order valence-electron chi connectivity index (χ4n) is 1.70. The number of hydrogen-bond acceptors (Lipinski definition) is 4. The van der Waals surface area contributed by atoms with Crippen molar-refractivity contribution in [2.24, 2.45) is 0 Å². The quantitative estimate of drug-likeness (QED) is 0.884. The second-order valence-electron chi connectivity index (χ2n) is 4.09. The normalized spacial score (nSPS) is 10.5. The van der Waals surface area contributed by atoms with Crippen LogP contribution in [0.25, 0.3) is 0 Å². The van der Waals surface area contributed by atoms with Crippen LogP contribution in [0.4, 0.5) is 0 Å².